The first-order chi connectivity index (χ1) is 4.70. The molecule has 3 heteroatoms. The second kappa shape index (κ2) is 3.27. The summed E-state index contributed by atoms with van der Waals surface area (Å²) in [6.45, 7) is 1.99. The molecule has 2 unspecified atom stereocenters. The Kier molecular flexibility index (Phi) is 2.58. The van der Waals surface area contributed by atoms with Gasteiger partial charge in [-0.1, -0.05) is 12.1 Å². The molecule has 1 aromatic carbocycles. The smallest absolute Gasteiger partial charge is 0.0682 e. The summed E-state index contributed by atoms with van der Waals surface area (Å²) in [6, 6.07) is 7.67. The van der Waals surface area contributed by atoms with Gasteiger partial charge in [-0.2, -0.15) is 0 Å². The molecule has 1 nitrogen and oxygen atoms in total. The van der Waals surface area contributed by atoms with Gasteiger partial charge in [-0.05, 0) is 33.1 Å². The maximum Gasteiger partial charge on any atom is 0.0682 e. The molecule has 0 saturated heterocycles. The SMILES string of the molecule is Cc1cccc(S(=O)P)c1. The molecule has 0 aliphatic heterocycles. The molecule has 0 heterocycles. The summed E-state index contributed by atoms with van der Waals surface area (Å²) in [5.74, 6) is 0. The molecule has 10 heavy (non-hydrogen) atoms. The summed E-state index contributed by atoms with van der Waals surface area (Å²) in [6.07, 6.45) is 0. The molecule has 0 aliphatic rings. The average Bonchev–Trinajstić information content (AvgIpc) is 1.88. The maximum atomic E-state index is 10.9. The molecule has 0 amide bonds. The summed E-state index contributed by atoms with van der Waals surface area (Å²) in [4.78, 5) is 0.866. The predicted molar refractivity (Wildman–Crippen MR) is 47.3 cm³/mol. The van der Waals surface area contributed by atoms with E-state index in [9.17, 15) is 4.21 Å². The van der Waals surface area contributed by atoms with Gasteiger partial charge in [0, 0.05) is 4.90 Å². The van der Waals surface area contributed by atoms with Crippen LogP contribution in [-0.4, -0.2) is 4.21 Å². The number of hydrogen-bond donors (Lipinski definition) is 0. The van der Waals surface area contributed by atoms with Crippen LogP contribution in [0.3, 0.4) is 0 Å². The van der Waals surface area contributed by atoms with Crippen LogP contribution in [0.4, 0.5) is 0 Å². The zero-order valence-electron chi connectivity index (χ0n) is 5.70. The van der Waals surface area contributed by atoms with Crippen LogP contribution in [-0.2, 0) is 10.4 Å². The van der Waals surface area contributed by atoms with Crippen LogP contribution in [0.15, 0.2) is 29.2 Å². The fourth-order valence-electron chi connectivity index (χ4n) is 0.740. The number of aryl methyl sites for hydroxylation is 1. The Balaban J connectivity index is 3.07. The van der Waals surface area contributed by atoms with E-state index in [4.69, 9.17) is 0 Å². The van der Waals surface area contributed by atoms with E-state index in [1.165, 1.54) is 0 Å². The molecule has 2 atom stereocenters. The molecular formula is C7H9OPS. The third-order valence-corrected chi connectivity index (χ3v) is 2.76. The number of hydrogen-bond acceptors (Lipinski definition) is 1. The van der Waals surface area contributed by atoms with Crippen molar-refractivity contribution in [2.24, 2.45) is 0 Å². The van der Waals surface area contributed by atoms with Gasteiger partial charge < -0.3 is 0 Å². The Morgan fingerprint density at radius 1 is 1.50 bits per heavy atom. The summed E-state index contributed by atoms with van der Waals surface area (Å²) in [7, 11) is 1.34. The first kappa shape index (κ1) is 7.90. The topological polar surface area (TPSA) is 17.1 Å². The standard InChI is InChI=1S/C7H9OPS/c1-6-3-2-4-7(5-6)10(8)9/h2-5H,9H2,1H3. The van der Waals surface area contributed by atoms with Crippen molar-refractivity contribution >= 4 is 18.9 Å². The highest BCUT2D eigenvalue weighted by molar-refractivity contribution is 8.33. The first-order valence-corrected chi connectivity index (χ1v) is 5.56. The fraction of sp³-hybridized carbons (Fsp3) is 0.143. The first-order valence-electron chi connectivity index (χ1n) is 2.93. The third kappa shape index (κ3) is 1.89. The summed E-state index contributed by atoms with van der Waals surface area (Å²) >= 11 is 0. The van der Waals surface area contributed by atoms with Crippen LogP contribution in [0, 0.1) is 6.92 Å². The van der Waals surface area contributed by atoms with E-state index in [2.05, 4.69) is 8.44 Å². The minimum Gasteiger partial charge on any atom is -0.250 e. The molecule has 0 aromatic heterocycles. The highest BCUT2D eigenvalue weighted by Gasteiger charge is 1.94. The molecule has 1 rings (SSSR count). The molecule has 54 valence electrons. The quantitative estimate of drug-likeness (QED) is 0.591. The molecule has 0 saturated carbocycles. The predicted octanol–water partition coefficient (Wildman–Crippen LogP) is 1.89. The maximum absolute atomic E-state index is 10.9. The lowest BCUT2D eigenvalue weighted by Gasteiger charge is -1.95. The summed E-state index contributed by atoms with van der Waals surface area (Å²) in [5.41, 5.74) is 1.15. The number of benzene rings is 1. The largest absolute Gasteiger partial charge is 0.250 e. The molecular weight excluding hydrogens is 163 g/mol. The Morgan fingerprint density at radius 3 is 2.60 bits per heavy atom. The zero-order chi connectivity index (χ0) is 7.56. The Labute approximate surface area is 65.2 Å². The van der Waals surface area contributed by atoms with E-state index in [1.807, 2.05) is 31.2 Å². The Bertz CT molecular complexity index is 260. The van der Waals surface area contributed by atoms with Crippen molar-refractivity contribution in [2.75, 3.05) is 0 Å². The average molecular weight is 172 g/mol. The monoisotopic (exact) mass is 172 g/mol. The summed E-state index contributed by atoms with van der Waals surface area (Å²) in [5, 5.41) is 0. The second-order valence-electron chi connectivity index (χ2n) is 2.11. The highest BCUT2D eigenvalue weighted by Crippen LogP contribution is 2.12. The number of rotatable bonds is 1. The van der Waals surface area contributed by atoms with Crippen LogP contribution in [0.2, 0.25) is 0 Å². The van der Waals surface area contributed by atoms with E-state index in [0.29, 0.717) is 0 Å². The minimum atomic E-state index is -0.923. The van der Waals surface area contributed by atoms with Crippen molar-refractivity contribution in [1.29, 1.82) is 0 Å². The Hall–Kier alpha value is -0.200. The lowest BCUT2D eigenvalue weighted by atomic mass is 10.2. The zero-order valence-corrected chi connectivity index (χ0v) is 7.67. The van der Waals surface area contributed by atoms with Crippen LogP contribution < -0.4 is 0 Å². The van der Waals surface area contributed by atoms with Crippen molar-refractivity contribution in [3.8, 4) is 0 Å². The lowest BCUT2D eigenvalue weighted by Crippen LogP contribution is -1.80. The van der Waals surface area contributed by atoms with Gasteiger partial charge in [0.05, 0.1) is 10.4 Å². The molecule has 1 aromatic rings. The van der Waals surface area contributed by atoms with E-state index < -0.39 is 10.4 Å². The Morgan fingerprint density at radius 2 is 2.20 bits per heavy atom. The second-order valence-corrected chi connectivity index (χ2v) is 4.46. The third-order valence-electron chi connectivity index (χ3n) is 1.22. The van der Waals surface area contributed by atoms with E-state index >= 15 is 0 Å². The van der Waals surface area contributed by atoms with Gasteiger partial charge in [0.15, 0.2) is 0 Å². The molecule has 0 aliphatic carbocycles. The van der Waals surface area contributed by atoms with Gasteiger partial charge in [0.1, 0.15) is 0 Å². The van der Waals surface area contributed by atoms with E-state index in [0.717, 1.165) is 10.5 Å². The molecule has 0 N–H and O–H groups in total. The lowest BCUT2D eigenvalue weighted by molar-refractivity contribution is 0.691. The van der Waals surface area contributed by atoms with E-state index in [-0.39, 0.29) is 0 Å². The van der Waals surface area contributed by atoms with Gasteiger partial charge >= 0.3 is 0 Å². The van der Waals surface area contributed by atoms with Crippen molar-refractivity contribution in [3.63, 3.8) is 0 Å². The molecule has 0 radical (unpaired) electrons. The fourth-order valence-corrected chi connectivity index (χ4v) is 1.70. The molecule has 0 fully saturated rings. The van der Waals surface area contributed by atoms with Gasteiger partial charge in [-0.3, -0.25) is 4.21 Å². The van der Waals surface area contributed by atoms with Crippen molar-refractivity contribution in [1.82, 2.24) is 0 Å². The van der Waals surface area contributed by atoms with Gasteiger partial charge in [-0.25, -0.2) is 0 Å². The molecule has 0 bridgehead atoms. The van der Waals surface area contributed by atoms with Gasteiger partial charge in [0.2, 0.25) is 0 Å². The minimum absolute atomic E-state index is 0.866. The van der Waals surface area contributed by atoms with Gasteiger partial charge in [0.25, 0.3) is 0 Å². The normalized spacial score (nSPS) is 13.0. The van der Waals surface area contributed by atoms with Gasteiger partial charge in [-0.15, -0.1) is 0 Å². The van der Waals surface area contributed by atoms with Crippen LogP contribution in [0.25, 0.3) is 0 Å². The highest BCUT2D eigenvalue weighted by atomic mass is 32.7. The van der Waals surface area contributed by atoms with Crippen molar-refractivity contribution in [3.05, 3.63) is 29.8 Å². The van der Waals surface area contributed by atoms with Crippen LogP contribution in [0.5, 0.6) is 0 Å². The summed E-state index contributed by atoms with van der Waals surface area (Å²) < 4.78 is 10.9. The molecule has 0 spiro atoms. The van der Waals surface area contributed by atoms with E-state index in [1.54, 1.807) is 0 Å². The van der Waals surface area contributed by atoms with Crippen molar-refractivity contribution in [2.45, 2.75) is 11.8 Å². The van der Waals surface area contributed by atoms with Crippen molar-refractivity contribution < 1.29 is 4.21 Å². The van der Waals surface area contributed by atoms with Crippen LogP contribution >= 0.6 is 8.44 Å². The van der Waals surface area contributed by atoms with Crippen LogP contribution in [0.1, 0.15) is 5.56 Å².